The maximum atomic E-state index is 11.9. The molecule has 3 heteroatoms. The predicted octanol–water partition coefficient (Wildman–Crippen LogP) is 3.52. The van der Waals surface area contributed by atoms with E-state index in [1.807, 2.05) is 30.2 Å². The summed E-state index contributed by atoms with van der Waals surface area (Å²) in [6.07, 6.45) is -2.56. The van der Waals surface area contributed by atoms with Crippen molar-refractivity contribution in [2.24, 2.45) is 0 Å². The molecule has 70 valence electrons. The lowest BCUT2D eigenvalue weighted by atomic mass is 10.2. The van der Waals surface area contributed by atoms with Crippen molar-refractivity contribution in [2.45, 2.75) is 6.43 Å². The lowest BCUT2D eigenvalue weighted by molar-refractivity contribution is 0.215. The van der Waals surface area contributed by atoms with Gasteiger partial charge in [-0.25, -0.2) is 0 Å². The number of benzene rings is 1. The van der Waals surface area contributed by atoms with Gasteiger partial charge in [-0.05, 0) is 12.0 Å². The van der Waals surface area contributed by atoms with Gasteiger partial charge in [-0.1, -0.05) is 24.1 Å². The van der Waals surface area contributed by atoms with Crippen LogP contribution in [0.25, 0.3) is 10.1 Å². The summed E-state index contributed by atoms with van der Waals surface area (Å²) in [6.45, 7) is 0. The Kier molecular flexibility index (Phi) is 2.47. The number of alkyl halides is 2. The second-order valence-electron chi connectivity index (χ2n) is 2.72. The zero-order chi connectivity index (χ0) is 9.97. The molecule has 0 bridgehead atoms. The largest absolute Gasteiger partial charge is 0.299 e. The Morgan fingerprint density at radius 3 is 2.79 bits per heavy atom. The molecule has 0 aliphatic carbocycles. The molecule has 0 fully saturated rings. The maximum Gasteiger partial charge on any atom is 0.299 e. The normalized spacial score (nSPS) is 10.2. The number of hydrogen-bond acceptors (Lipinski definition) is 1. The molecule has 0 aliphatic rings. The van der Waals surface area contributed by atoms with Gasteiger partial charge in [0.05, 0.1) is 0 Å². The van der Waals surface area contributed by atoms with Crippen molar-refractivity contribution in [3.05, 3.63) is 35.2 Å². The molecule has 2 rings (SSSR count). The van der Waals surface area contributed by atoms with Crippen LogP contribution in [-0.4, -0.2) is 6.43 Å². The van der Waals surface area contributed by atoms with Gasteiger partial charge in [-0.15, -0.1) is 11.3 Å². The van der Waals surface area contributed by atoms with Gasteiger partial charge in [0.2, 0.25) is 0 Å². The molecular weight excluding hydrogens is 202 g/mol. The summed E-state index contributed by atoms with van der Waals surface area (Å²) in [4.78, 5) is 0. The number of thiophene rings is 1. The van der Waals surface area contributed by atoms with Crippen LogP contribution in [0.2, 0.25) is 0 Å². The van der Waals surface area contributed by atoms with Gasteiger partial charge >= 0.3 is 0 Å². The molecule has 0 saturated carbocycles. The van der Waals surface area contributed by atoms with Gasteiger partial charge in [0.1, 0.15) is 0 Å². The minimum Gasteiger partial charge on any atom is -0.196 e. The second kappa shape index (κ2) is 3.77. The topological polar surface area (TPSA) is 0 Å². The molecule has 0 nitrogen and oxygen atoms in total. The van der Waals surface area contributed by atoms with E-state index in [1.54, 1.807) is 5.38 Å². The SMILES string of the molecule is FC(F)C#Cc1csc2ccccc12. The van der Waals surface area contributed by atoms with Gasteiger partial charge in [0.15, 0.2) is 0 Å². The highest BCUT2D eigenvalue weighted by atomic mass is 32.1. The quantitative estimate of drug-likeness (QED) is 0.581. The molecule has 0 aliphatic heterocycles. The van der Waals surface area contributed by atoms with Crippen LogP contribution in [0.5, 0.6) is 0 Å². The van der Waals surface area contributed by atoms with E-state index >= 15 is 0 Å². The minimum atomic E-state index is -2.56. The predicted molar refractivity (Wildman–Crippen MR) is 54.7 cm³/mol. The number of fused-ring (bicyclic) bond motifs is 1. The third kappa shape index (κ3) is 1.75. The van der Waals surface area contributed by atoms with Crippen LogP contribution in [0, 0.1) is 11.8 Å². The van der Waals surface area contributed by atoms with Crippen molar-refractivity contribution in [2.75, 3.05) is 0 Å². The summed E-state index contributed by atoms with van der Waals surface area (Å²) in [5.41, 5.74) is 0.686. The summed E-state index contributed by atoms with van der Waals surface area (Å²) < 4.78 is 24.8. The van der Waals surface area contributed by atoms with Gasteiger partial charge < -0.3 is 0 Å². The van der Waals surface area contributed by atoms with Crippen LogP contribution in [0.15, 0.2) is 29.6 Å². The molecule has 0 saturated heterocycles. The first-order chi connectivity index (χ1) is 6.77. The zero-order valence-corrected chi connectivity index (χ0v) is 7.94. The summed E-state index contributed by atoms with van der Waals surface area (Å²) in [5, 5.41) is 2.76. The molecule has 0 spiro atoms. The third-order valence-electron chi connectivity index (χ3n) is 1.80. The van der Waals surface area contributed by atoms with Crippen LogP contribution >= 0.6 is 11.3 Å². The summed E-state index contributed by atoms with van der Waals surface area (Å²) in [6, 6.07) is 7.64. The molecule has 0 N–H and O–H groups in total. The summed E-state index contributed by atoms with van der Waals surface area (Å²) in [5.74, 6) is 4.34. The Morgan fingerprint density at radius 2 is 2.00 bits per heavy atom. The minimum absolute atomic E-state index is 0.686. The molecule has 2 aromatic rings. The zero-order valence-electron chi connectivity index (χ0n) is 7.13. The Hall–Kier alpha value is -1.40. The van der Waals surface area contributed by atoms with E-state index in [0.29, 0.717) is 5.56 Å². The molecule has 0 radical (unpaired) electrons. The Labute approximate surface area is 84.2 Å². The monoisotopic (exact) mass is 208 g/mol. The molecule has 0 amide bonds. The van der Waals surface area contributed by atoms with E-state index in [-0.39, 0.29) is 0 Å². The Morgan fingerprint density at radius 1 is 1.21 bits per heavy atom. The molecular formula is C11H6F2S. The van der Waals surface area contributed by atoms with Gasteiger partial charge in [0, 0.05) is 21.0 Å². The molecule has 1 aromatic heterocycles. The lowest BCUT2D eigenvalue weighted by Gasteiger charge is -1.87. The number of halogens is 2. The van der Waals surface area contributed by atoms with Crippen molar-refractivity contribution in [1.29, 1.82) is 0 Å². The molecule has 0 atom stereocenters. The van der Waals surface area contributed by atoms with E-state index in [1.165, 1.54) is 11.3 Å². The van der Waals surface area contributed by atoms with Crippen molar-refractivity contribution < 1.29 is 8.78 Å². The Bertz CT molecular complexity index is 502. The molecule has 1 heterocycles. The van der Waals surface area contributed by atoms with Crippen molar-refractivity contribution in [1.82, 2.24) is 0 Å². The van der Waals surface area contributed by atoms with E-state index in [0.717, 1.165) is 10.1 Å². The Balaban J connectivity index is 2.50. The van der Waals surface area contributed by atoms with Crippen LogP contribution < -0.4 is 0 Å². The van der Waals surface area contributed by atoms with Gasteiger partial charge in [-0.3, -0.25) is 0 Å². The van der Waals surface area contributed by atoms with Crippen LogP contribution in [0.4, 0.5) is 8.78 Å². The highest BCUT2D eigenvalue weighted by Gasteiger charge is 2.00. The van der Waals surface area contributed by atoms with E-state index in [4.69, 9.17) is 0 Å². The van der Waals surface area contributed by atoms with E-state index < -0.39 is 6.43 Å². The highest BCUT2D eigenvalue weighted by molar-refractivity contribution is 7.17. The number of rotatable bonds is 0. The van der Waals surface area contributed by atoms with Crippen molar-refractivity contribution in [3.8, 4) is 11.8 Å². The van der Waals surface area contributed by atoms with Crippen LogP contribution in [0.3, 0.4) is 0 Å². The van der Waals surface area contributed by atoms with Crippen LogP contribution in [-0.2, 0) is 0 Å². The van der Waals surface area contributed by atoms with E-state index in [9.17, 15) is 8.78 Å². The summed E-state index contributed by atoms with van der Waals surface area (Å²) >= 11 is 1.52. The first kappa shape index (κ1) is 9.17. The average molecular weight is 208 g/mol. The fourth-order valence-electron chi connectivity index (χ4n) is 1.21. The van der Waals surface area contributed by atoms with E-state index in [2.05, 4.69) is 5.92 Å². The second-order valence-corrected chi connectivity index (χ2v) is 3.63. The fourth-order valence-corrected chi connectivity index (χ4v) is 2.10. The highest BCUT2D eigenvalue weighted by Crippen LogP contribution is 2.24. The van der Waals surface area contributed by atoms with Crippen molar-refractivity contribution in [3.63, 3.8) is 0 Å². The van der Waals surface area contributed by atoms with Crippen molar-refractivity contribution >= 4 is 21.4 Å². The maximum absolute atomic E-state index is 11.9. The number of hydrogen-bond donors (Lipinski definition) is 0. The van der Waals surface area contributed by atoms with Gasteiger partial charge in [0.25, 0.3) is 6.43 Å². The summed E-state index contributed by atoms with van der Waals surface area (Å²) in [7, 11) is 0. The first-order valence-corrected chi connectivity index (χ1v) is 4.91. The smallest absolute Gasteiger partial charge is 0.196 e. The third-order valence-corrected chi connectivity index (χ3v) is 2.76. The molecule has 0 unspecified atom stereocenters. The molecule has 14 heavy (non-hydrogen) atoms. The fraction of sp³-hybridized carbons (Fsp3) is 0.0909. The average Bonchev–Trinajstić information content (AvgIpc) is 2.58. The lowest BCUT2D eigenvalue weighted by Crippen LogP contribution is -1.81. The van der Waals surface area contributed by atoms with Crippen LogP contribution in [0.1, 0.15) is 5.56 Å². The van der Waals surface area contributed by atoms with Gasteiger partial charge in [-0.2, -0.15) is 8.78 Å². The molecule has 1 aromatic carbocycles. The standard InChI is InChI=1S/C11H6F2S/c12-11(13)6-5-8-7-14-10-4-2-1-3-9(8)10/h1-4,7,11H. The first-order valence-electron chi connectivity index (χ1n) is 4.03.